The predicted octanol–water partition coefficient (Wildman–Crippen LogP) is 4.40. The first-order chi connectivity index (χ1) is 11.4. The molecule has 0 spiro atoms. The van der Waals surface area contributed by atoms with E-state index in [1.54, 1.807) is 6.07 Å². The zero-order valence-electron chi connectivity index (χ0n) is 13.8. The van der Waals surface area contributed by atoms with Gasteiger partial charge in [0.1, 0.15) is 0 Å². The monoisotopic (exact) mass is 362 g/mol. The summed E-state index contributed by atoms with van der Waals surface area (Å²) in [7, 11) is 0. The second kappa shape index (κ2) is 7.14. The summed E-state index contributed by atoms with van der Waals surface area (Å²) in [4.78, 5) is 14.8. The lowest BCUT2D eigenvalue weighted by Crippen LogP contribution is -2.48. The Morgan fingerprint density at radius 1 is 1.08 bits per heavy atom. The maximum Gasteiger partial charge on any atom is 0.253 e. The maximum absolute atomic E-state index is 12.9. The van der Waals surface area contributed by atoms with E-state index < -0.39 is 0 Å². The van der Waals surface area contributed by atoms with E-state index in [2.05, 4.69) is 11.4 Å². The van der Waals surface area contributed by atoms with Crippen molar-refractivity contribution < 1.29 is 4.79 Å². The number of piperazine rings is 1. The standard InChI is InChI=1S/C19H20Cl2N2O/c1-12-7-13(2)9-15(8-12)19(24)23-6-5-22-18(11-23)14-3-4-16(20)17(21)10-14/h3-4,7-10,18,22H,5-6,11H2,1-2H3. The number of rotatable bonds is 2. The molecular weight excluding hydrogens is 343 g/mol. The van der Waals surface area contributed by atoms with Crippen molar-refractivity contribution in [3.8, 4) is 0 Å². The molecule has 126 valence electrons. The smallest absolute Gasteiger partial charge is 0.253 e. The molecule has 24 heavy (non-hydrogen) atoms. The number of hydrogen-bond donors (Lipinski definition) is 1. The molecule has 1 aliphatic rings. The number of aryl methyl sites for hydroxylation is 2. The third-order valence-electron chi connectivity index (χ3n) is 4.28. The Morgan fingerprint density at radius 3 is 2.46 bits per heavy atom. The molecular formula is C19H20Cl2N2O. The van der Waals surface area contributed by atoms with Crippen molar-refractivity contribution in [1.82, 2.24) is 10.2 Å². The number of benzene rings is 2. The van der Waals surface area contributed by atoms with Crippen LogP contribution in [0.2, 0.25) is 10.0 Å². The van der Waals surface area contributed by atoms with Crippen molar-refractivity contribution in [3.63, 3.8) is 0 Å². The summed E-state index contributed by atoms with van der Waals surface area (Å²) in [6.07, 6.45) is 0. The number of carbonyl (C=O) groups excluding carboxylic acids is 1. The fraction of sp³-hybridized carbons (Fsp3) is 0.316. The van der Waals surface area contributed by atoms with Crippen LogP contribution in [0.1, 0.15) is 33.1 Å². The SMILES string of the molecule is Cc1cc(C)cc(C(=O)N2CCNC(c3ccc(Cl)c(Cl)c3)C2)c1. The molecule has 1 fully saturated rings. The van der Waals surface area contributed by atoms with Crippen LogP contribution in [-0.2, 0) is 0 Å². The highest BCUT2D eigenvalue weighted by molar-refractivity contribution is 6.42. The molecule has 1 N–H and O–H groups in total. The van der Waals surface area contributed by atoms with E-state index in [-0.39, 0.29) is 11.9 Å². The van der Waals surface area contributed by atoms with E-state index in [9.17, 15) is 4.79 Å². The minimum absolute atomic E-state index is 0.0587. The lowest BCUT2D eigenvalue weighted by molar-refractivity contribution is 0.0703. The van der Waals surface area contributed by atoms with Crippen molar-refractivity contribution >= 4 is 29.1 Å². The minimum Gasteiger partial charge on any atom is -0.335 e. The van der Waals surface area contributed by atoms with Gasteiger partial charge in [-0.25, -0.2) is 0 Å². The van der Waals surface area contributed by atoms with Gasteiger partial charge in [0.2, 0.25) is 0 Å². The van der Waals surface area contributed by atoms with E-state index in [0.717, 1.165) is 28.8 Å². The summed E-state index contributed by atoms with van der Waals surface area (Å²) in [5.74, 6) is 0.0772. The highest BCUT2D eigenvalue weighted by Gasteiger charge is 2.25. The zero-order valence-corrected chi connectivity index (χ0v) is 15.3. The highest BCUT2D eigenvalue weighted by atomic mass is 35.5. The Labute approximate surface area is 152 Å². The first-order valence-electron chi connectivity index (χ1n) is 8.00. The summed E-state index contributed by atoms with van der Waals surface area (Å²) < 4.78 is 0. The van der Waals surface area contributed by atoms with Crippen molar-refractivity contribution in [2.45, 2.75) is 19.9 Å². The largest absolute Gasteiger partial charge is 0.335 e. The second-order valence-electron chi connectivity index (χ2n) is 6.31. The van der Waals surface area contributed by atoms with Gasteiger partial charge in [-0.1, -0.05) is 46.5 Å². The van der Waals surface area contributed by atoms with Gasteiger partial charge >= 0.3 is 0 Å². The first-order valence-corrected chi connectivity index (χ1v) is 8.75. The normalized spacial score (nSPS) is 17.8. The first kappa shape index (κ1) is 17.3. The molecule has 1 atom stereocenters. The topological polar surface area (TPSA) is 32.3 Å². The molecule has 1 unspecified atom stereocenters. The average molecular weight is 363 g/mol. The molecule has 1 amide bonds. The Kier molecular flexibility index (Phi) is 5.14. The predicted molar refractivity (Wildman–Crippen MR) is 99.0 cm³/mol. The molecule has 0 aromatic heterocycles. The molecule has 0 aliphatic carbocycles. The van der Waals surface area contributed by atoms with Crippen molar-refractivity contribution in [2.75, 3.05) is 19.6 Å². The maximum atomic E-state index is 12.9. The third-order valence-corrected chi connectivity index (χ3v) is 5.02. The lowest BCUT2D eigenvalue weighted by atomic mass is 10.0. The highest BCUT2D eigenvalue weighted by Crippen LogP contribution is 2.27. The van der Waals surface area contributed by atoms with Crippen molar-refractivity contribution in [3.05, 3.63) is 68.7 Å². The lowest BCUT2D eigenvalue weighted by Gasteiger charge is -2.34. The molecule has 3 nitrogen and oxygen atoms in total. The third kappa shape index (κ3) is 3.75. The van der Waals surface area contributed by atoms with Crippen LogP contribution < -0.4 is 5.32 Å². The quantitative estimate of drug-likeness (QED) is 0.858. The number of halogens is 2. The average Bonchev–Trinajstić information content (AvgIpc) is 2.56. The molecule has 1 aliphatic heterocycles. The summed E-state index contributed by atoms with van der Waals surface area (Å²) in [5, 5.41) is 4.52. The molecule has 2 aromatic carbocycles. The zero-order chi connectivity index (χ0) is 17.3. The van der Waals surface area contributed by atoms with Gasteiger partial charge in [-0.2, -0.15) is 0 Å². The summed E-state index contributed by atoms with van der Waals surface area (Å²) in [6.45, 7) is 6.09. The molecule has 1 heterocycles. The van der Waals surface area contributed by atoms with Crippen LogP contribution in [0.15, 0.2) is 36.4 Å². The van der Waals surface area contributed by atoms with Gasteiger partial charge in [0.05, 0.1) is 16.1 Å². The van der Waals surface area contributed by atoms with Crippen molar-refractivity contribution in [1.29, 1.82) is 0 Å². The molecule has 0 radical (unpaired) electrons. The van der Waals surface area contributed by atoms with Crippen LogP contribution in [0.3, 0.4) is 0 Å². The molecule has 0 bridgehead atoms. The van der Waals surface area contributed by atoms with Gasteiger partial charge in [0, 0.05) is 25.2 Å². The Bertz CT molecular complexity index is 756. The van der Waals surface area contributed by atoms with E-state index in [4.69, 9.17) is 23.2 Å². The van der Waals surface area contributed by atoms with Gasteiger partial charge < -0.3 is 10.2 Å². The van der Waals surface area contributed by atoms with Crippen LogP contribution in [-0.4, -0.2) is 30.4 Å². The minimum atomic E-state index is 0.0587. The summed E-state index contributed by atoms with van der Waals surface area (Å²) in [5.41, 5.74) is 4.01. The fourth-order valence-corrected chi connectivity index (χ4v) is 3.47. The van der Waals surface area contributed by atoms with Crippen LogP contribution >= 0.6 is 23.2 Å². The Balaban J connectivity index is 1.79. The fourth-order valence-electron chi connectivity index (χ4n) is 3.17. The number of amides is 1. The molecule has 2 aromatic rings. The second-order valence-corrected chi connectivity index (χ2v) is 7.12. The number of carbonyl (C=O) groups is 1. The van der Waals surface area contributed by atoms with Gasteiger partial charge in [-0.3, -0.25) is 4.79 Å². The van der Waals surface area contributed by atoms with Crippen molar-refractivity contribution in [2.24, 2.45) is 0 Å². The van der Waals surface area contributed by atoms with Crippen LogP contribution in [0, 0.1) is 13.8 Å². The molecule has 5 heteroatoms. The molecule has 3 rings (SSSR count). The van der Waals surface area contributed by atoms with Gasteiger partial charge in [-0.15, -0.1) is 0 Å². The van der Waals surface area contributed by atoms with Crippen LogP contribution in [0.5, 0.6) is 0 Å². The number of nitrogens with one attached hydrogen (secondary N) is 1. The molecule has 1 saturated heterocycles. The van der Waals surface area contributed by atoms with Gasteiger partial charge in [0.15, 0.2) is 0 Å². The number of hydrogen-bond acceptors (Lipinski definition) is 2. The van der Waals surface area contributed by atoms with E-state index in [0.29, 0.717) is 23.1 Å². The molecule has 0 saturated carbocycles. The Morgan fingerprint density at radius 2 is 1.79 bits per heavy atom. The number of nitrogens with zero attached hydrogens (tertiary/aromatic N) is 1. The summed E-state index contributed by atoms with van der Waals surface area (Å²) in [6, 6.07) is 11.7. The van der Waals surface area contributed by atoms with E-state index >= 15 is 0 Å². The Hall–Kier alpha value is -1.55. The van der Waals surface area contributed by atoms with Crippen LogP contribution in [0.4, 0.5) is 0 Å². The summed E-state index contributed by atoms with van der Waals surface area (Å²) >= 11 is 12.1. The van der Waals surface area contributed by atoms with Gasteiger partial charge in [-0.05, 0) is 43.7 Å². The van der Waals surface area contributed by atoms with Crippen LogP contribution in [0.25, 0.3) is 0 Å². The van der Waals surface area contributed by atoms with E-state index in [1.807, 2.05) is 43.0 Å². The van der Waals surface area contributed by atoms with E-state index in [1.165, 1.54) is 0 Å². The van der Waals surface area contributed by atoms with Gasteiger partial charge in [0.25, 0.3) is 5.91 Å².